The van der Waals surface area contributed by atoms with Crippen LogP contribution < -0.4 is 0 Å². The Bertz CT molecular complexity index is 1020. The zero-order chi connectivity index (χ0) is 40.0. The summed E-state index contributed by atoms with van der Waals surface area (Å²) in [5.41, 5.74) is 0. The topological polar surface area (TPSA) is 108 Å². The Balaban J connectivity index is 4.38. The zero-order valence-electron chi connectivity index (χ0n) is 35.5. The fourth-order valence-corrected chi connectivity index (χ4v) is 6.53. The lowest BCUT2D eigenvalue weighted by Crippen LogP contribution is -2.37. The molecule has 316 valence electrons. The molecule has 0 aliphatic rings. The Morgan fingerprint density at radius 1 is 0.630 bits per heavy atom. The van der Waals surface area contributed by atoms with Gasteiger partial charge in [0, 0.05) is 12.8 Å². The van der Waals surface area contributed by atoms with Crippen molar-refractivity contribution in [2.24, 2.45) is 0 Å². The second-order valence-corrected chi connectivity index (χ2v) is 17.3. The van der Waals surface area contributed by atoms with Crippen molar-refractivity contribution < 1.29 is 42.1 Å². The summed E-state index contributed by atoms with van der Waals surface area (Å²) in [6.45, 7) is 4.74. The maximum atomic E-state index is 12.7. The van der Waals surface area contributed by atoms with E-state index in [4.69, 9.17) is 18.5 Å². The Morgan fingerprint density at radius 2 is 1.13 bits per heavy atom. The first-order chi connectivity index (χ1) is 26.0. The van der Waals surface area contributed by atoms with Crippen molar-refractivity contribution in [3.8, 4) is 0 Å². The molecule has 2 atom stereocenters. The smallest absolute Gasteiger partial charge is 0.472 e. The number of ether oxygens (including phenoxy) is 2. The highest BCUT2D eigenvalue weighted by Gasteiger charge is 2.26. The number of likely N-dealkylation sites (N-methyl/N-ethyl adjacent to an activating group) is 1. The Labute approximate surface area is 331 Å². The first-order valence-electron chi connectivity index (χ1n) is 21.7. The third-order valence-electron chi connectivity index (χ3n) is 9.24. The van der Waals surface area contributed by atoms with Crippen LogP contribution in [0.25, 0.3) is 0 Å². The summed E-state index contributed by atoms with van der Waals surface area (Å²) in [6.07, 6.45) is 39.4. The van der Waals surface area contributed by atoms with Gasteiger partial charge in [-0.2, -0.15) is 0 Å². The first kappa shape index (κ1) is 52.2. The van der Waals surface area contributed by atoms with Crippen LogP contribution in [0.2, 0.25) is 0 Å². The van der Waals surface area contributed by atoms with Gasteiger partial charge in [-0.15, -0.1) is 0 Å². The van der Waals surface area contributed by atoms with E-state index >= 15 is 0 Å². The standard InChI is InChI=1S/C44H82NO8P/c1-6-8-10-12-14-15-16-17-18-19-20-21-22-24-29-33-38-50-40-43(41-52-54(48,49)51-39-37-45(3,4)5)53-44(47)36-32-28-25-27-31-35-42(46)34-30-26-23-13-11-9-7-2/h23,26,30,33-34,38,43H,6-22,24-25,27-29,31-32,35-37,39-41H2,1-5H3/p+1/b26-23-,34-30+,38-33+/t43-/m1/s1. The third-order valence-corrected chi connectivity index (χ3v) is 10.2. The summed E-state index contributed by atoms with van der Waals surface area (Å²) in [5, 5.41) is 0. The van der Waals surface area contributed by atoms with Crippen molar-refractivity contribution in [3.63, 3.8) is 0 Å². The molecule has 0 fully saturated rings. The van der Waals surface area contributed by atoms with Gasteiger partial charge in [-0.1, -0.05) is 148 Å². The lowest BCUT2D eigenvalue weighted by molar-refractivity contribution is -0.870. The molecule has 0 spiro atoms. The molecule has 0 aliphatic carbocycles. The van der Waals surface area contributed by atoms with Gasteiger partial charge in [0.2, 0.25) is 0 Å². The second-order valence-electron chi connectivity index (χ2n) is 15.8. The Morgan fingerprint density at radius 3 is 1.72 bits per heavy atom. The average molecular weight is 785 g/mol. The third kappa shape index (κ3) is 39.9. The summed E-state index contributed by atoms with van der Waals surface area (Å²) >= 11 is 0. The van der Waals surface area contributed by atoms with Gasteiger partial charge >= 0.3 is 13.8 Å². The molecule has 0 heterocycles. The molecular formula is C44H83NO8P+. The second kappa shape index (κ2) is 36.8. The summed E-state index contributed by atoms with van der Waals surface area (Å²) in [7, 11) is 1.56. The minimum Gasteiger partial charge on any atom is -0.498 e. The number of hydrogen-bond donors (Lipinski definition) is 1. The first-order valence-corrected chi connectivity index (χ1v) is 23.2. The fraction of sp³-hybridized carbons (Fsp3) is 0.818. The van der Waals surface area contributed by atoms with Crippen LogP contribution in [-0.4, -0.2) is 74.7 Å². The van der Waals surface area contributed by atoms with Crippen molar-refractivity contribution in [3.05, 3.63) is 36.6 Å². The van der Waals surface area contributed by atoms with E-state index in [9.17, 15) is 19.0 Å². The molecule has 0 amide bonds. The number of unbranched alkanes of at least 4 members (excludes halogenated alkanes) is 21. The largest absolute Gasteiger partial charge is 0.498 e. The number of allylic oxidation sites excluding steroid dienone is 5. The molecule has 0 saturated carbocycles. The molecule has 9 nitrogen and oxygen atoms in total. The molecule has 0 aliphatic heterocycles. The van der Waals surface area contributed by atoms with E-state index in [2.05, 4.69) is 19.9 Å². The molecule has 10 heteroatoms. The Hall–Kier alpha value is -1.77. The number of esters is 1. The van der Waals surface area contributed by atoms with E-state index in [0.717, 1.165) is 44.9 Å². The number of ketones is 1. The number of phosphoric ester groups is 1. The number of carbonyl (C=O) groups excluding carboxylic acids is 2. The van der Waals surface area contributed by atoms with Crippen molar-refractivity contribution in [2.45, 2.75) is 187 Å². The predicted molar refractivity (Wildman–Crippen MR) is 224 cm³/mol. The fourth-order valence-electron chi connectivity index (χ4n) is 5.79. The van der Waals surface area contributed by atoms with Gasteiger partial charge in [-0.3, -0.25) is 18.6 Å². The maximum absolute atomic E-state index is 12.7. The van der Waals surface area contributed by atoms with Gasteiger partial charge in [0.15, 0.2) is 11.9 Å². The van der Waals surface area contributed by atoms with Gasteiger partial charge in [-0.05, 0) is 50.7 Å². The maximum Gasteiger partial charge on any atom is 0.472 e. The highest BCUT2D eigenvalue weighted by atomic mass is 31.2. The minimum atomic E-state index is -4.32. The van der Waals surface area contributed by atoms with Crippen LogP contribution in [-0.2, 0) is 32.7 Å². The number of hydrogen-bond acceptors (Lipinski definition) is 7. The zero-order valence-corrected chi connectivity index (χ0v) is 36.3. The van der Waals surface area contributed by atoms with Crippen LogP contribution in [0.3, 0.4) is 0 Å². The van der Waals surface area contributed by atoms with Crippen molar-refractivity contribution in [1.82, 2.24) is 0 Å². The van der Waals surface area contributed by atoms with Gasteiger partial charge in [0.05, 0.1) is 34.0 Å². The molecule has 0 radical (unpaired) electrons. The lowest BCUT2D eigenvalue weighted by atomic mass is 10.0. The van der Waals surface area contributed by atoms with Gasteiger partial charge < -0.3 is 18.9 Å². The van der Waals surface area contributed by atoms with Crippen molar-refractivity contribution in [1.29, 1.82) is 0 Å². The molecule has 0 aromatic heterocycles. The number of rotatable bonds is 40. The van der Waals surface area contributed by atoms with Gasteiger partial charge in [0.25, 0.3) is 0 Å². The number of nitrogens with zero attached hydrogens (tertiary/aromatic N) is 1. The predicted octanol–water partition coefficient (Wildman–Crippen LogP) is 12.1. The highest BCUT2D eigenvalue weighted by Crippen LogP contribution is 2.43. The molecule has 1 unspecified atom stereocenters. The van der Waals surface area contributed by atoms with E-state index in [-0.39, 0.29) is 32.0 Å². The van der Waals surface area contributed by atoms with E-state index in [1.165, 1.54) is 103 Å². The molecule has 1 N–H and O–H groups in total. The summed E-state index contributed by atoms with van der Waals surface area (Å²) < 4.78 is 34.6. The molecule has 0 aromatic rings. The summed E-state index contributed by atoms with van der Waals surface area (Å²) in [4.78, 5) is 34.9. The van der Waals surface area contributed by atoms with Crippen LogP contribution in [0.1, 0.15) is 181 Å². The summed E-state index contributed by atoms with van der Waals surface area (Å²) in [6, 6.07) is 0. The number of carbonyl (C=O) groups is 2. The van der Waals surface area contributed by atoms with Crippen LogP contribution in [0.5, 0.6) is 0 Å². The van der Waals surface area contributed by atoms with Crippen LogP contribution in [0.15, 0.2) is 36.6 Å². The lowest BCUT2D eigenvalue weighted by Gasteiger charge is -2.24. The number of phosphoric acid groups is 1. The van der Waals surface area contributed by atoms with E-state index in [1.807, 2.05) is 39.4 Å². The molecule has 0 bridgehead atoms. The van der Waals surface area contributed by atoms with Gasteiger partial charge in [0.1, 0.15) is 19.8 Å². The minimum absolute atomic E-state index is 0.0109. The van der Waals surface area contributed by atoms with Crippen molar-refractivity contribution in [2.75, 3.05) is 47.5 Å². The van der Waals surface area contributed by atoms with Crippen LogP contribution in [0.4, 0.5) is 0 Å². The number of quaternary nitrogens is 1. The Kier molecular flexibility index (Phi) is 35.6. The molecular weight excluding hydrogens is 701 g/mol. The SMILES string of the molecule is CCCCC/C=C\C=C\C(=O)CCCCCCCC(=O)O[C@H](CO/C=C/CCCCCCCCCCCCCCCC)COP(=O)(O)OCC[N+](C)(C)C. The van der Waals surface area contributed by atoms with E-state index in [0.29, 0.717) is 23.9 Å². The summed E-state index contributed by atoms with van der Waals surface area (Å²) in [5.74, 6) is -0.261. The molecule has 54 heavy (non-hydrogen) atoms. The van der Waals surface area contributed by atoms with Crippen LogP contribution in [0, 0.1) is 0 Å². The quantitative estimate of drug-likeness (QED) is 0.0124. The normalized spacial score (nSPS) is 14.0. The highest BCUT2D eigenvalue weighted by molar-refractivity contribution is 7.47. The monoisotopic (exact) mass is 785 g/mol. The average Bonchev–Trinajstić information content (AvgIpc) is 3.11. The van der Waals surface area contributed by atoms with Gasteiger partial charge in [-0.25, -0.2) is 4.57 Å². The molecule has 0 saturated heterocycles. The van der Waals surface area contributed by atoms with E-state index < -0.39 is 19.9 Å². The van der Waals surface area contributed by atoms with E-state index in [1.54, 1.807) is 12.3 Å². The van der Waals surface area contributed by atoms with Crippen LogP contribution >= 0.6 is 7.82 Å². The molecule has 0 rings (SSSR count). The molecule has 0 aromatic carbocycles. The van der Waals surface area contributed by atoms with Crippen molar-refractivity contribution >= 4 is 19.6 Å².